The summed E-state index contributed by atoms with van der Waals surface area (Å²) in [5.41, 5.74) is 0. The molecule has 1 heterocycles. The van der Waals surface area contributed by atoms with Crippen molar-refractivity contribution >= 4 is 9.84 Å². The first kappa shape index (κ1) is 10.9. The molecule has 5 nitrogen and oxygen atoms in total. The van der Waals surface area contributed by atoms with Crippen molar-refractivity contribution in [3.63, 3.8) is 0 Å². The Morgan fingerprint density at radius 1 is 1.15 bits per heavy atom. The SMILES string of the molecule is O=S1(=O)CCN(C(CO)CO)CC1. The third kappa shape index (κ3) is 2.91. The minimum Gasteiger partial charge on any atom is -0.395 e. The van der Waals surface area contributed by atoms with E-state index in [0.717, 1.165) is 0 Å². The molecule has 0 aromatic carbocycles. The zero-order chi connectivity index (χ0) is 9.90. The van der Waals surface area contributed by atoms with E-state index in [0.29, 0.717) is 13.1 Å². The summed E-state index contributed by atoms with van der Waals surface area (Å²) in [5, 5.41) is 17.7. The third-order valence-electron chi connectivity index (χ3n) is 2.32. The average Bonchev–Trinajstić information content (AvgIpc) is 2.09. The van der Waals surface area contributed by atoms with Gasteiger partial charge in [-0.15, -0.1) is 0 Å². The molecule has 0 bridgehead atoms. The van der Waals surface area contributed by atoms with Gasteiger partial charge in [0.15, 0.2) is 9.84 Å². The zero-order valence-electron chi connectivity index (χ0n) is 7.39. The van der Waals surface area contributed by atoms with Gasteiger partial charge in [-0.05, 0) is 0 Å². The predicted molar refractivity (Wildman–Crippen MR) is 48.2 cm³/mol. The Morgan fingerprint density at radius 3 is 2.00 bits per heavy atom. The number of aliphatic hydroxyl groups is 2. The lowest BCUT2D eigenvalue weighted by molar-refractivity contribution is 0.0798. The molecule has 0 radical (unpaired) electrons. The van der Waals surface area contributed by atoms with Crippen molar-refractivity contribution in [1.29, 1.82) is 0 Å². The number of aliphatic hydroxyl groups excluding tert-OH is 2. The minimum absolute atomic E-state index is 0.128. The van der Waals surface area contributed by atoms with Crippen LogP contribution < -0.4 is 0 Å². The van der Waals surface area contributed by atoms with Crippen molar-refractivity contribution in [1.82, 2.24) is 4.90 Å². The Kier molecular flexibility index (Phi) is 3.66. The van der Waals surface area contributed by atoms with Crippen molar-refractivity contribution in [2.75, 3.05) is 37.8 Å². The molecule has 0 unspecified atom stereocenters. The number of sulfone groups is 1. The molecule has 0 aliphatic carbocycles. The lowest BCUT2D eigenvalue weighted by atomic mass is 10.3. The molecule has 0 saturated carbocycles. The van der Waals surface area contributed by atoms with Gasteiger partial charge in [0, 0.05) is 13.1 Å². The van der Waals surface area contributed by atoms with E-state index in [1.807, 2.05) is 0 Å². The molecule has 0 atom stereocenters. The number of hydrogen-bond acceptors (Lipinski definition) is 5. The van der Waals surface area contributed by atoms with Gasteiger partial charge in [0.05, 0.1) is 30.8 Å². The van der Waals surface area contributed by atoms with Crippen molar-refractivity contribution in [2.24, 2.45) is 0 Å². The molecule has 0 spiro atoms. The van der Waals surface area contributed by atoms with Crippen molar-refractivity contribution in [3.05, 3.63) is 0 Å². The fourth-order valence-electron chi connectivity index (χ4n) is 1.38. The monoisotopic (exact) mass is 209 g/mol. The number of nitrogens with zero attached hydrogens (tertiary/aromatic N) is 1. The van der Waals surface area contributed by atoms with Crippen LogP contribution in [0.3, 0.4) is 0 Å². The van der Waals surface area contributed by atoms with Crippen LogP contribution in [0, 0.1) is 0 Å². The maximum absolute atomic E-state index is 11.0. The summed E-state index contributed by atoms with van der Waals surface area (Å²) in [6.45, 7) is 0.565. The summed E-state index contributed by atoms with van der Waals surface area (Å²) in [6, 6.07) is -0.310. The summed E-state index contributed by atoms with van der Waals surface area (Å²) < 4.78 is 22.1. The molecular formula is C7H15NO4S. The molecule has 0 aromatic heterocycles. The van der Waals surface area contributed by atoms with E-state index in [1.54, 1.807) is 4.90 Å². The second kappa shape index (κ2) is 4.36. The van der Waals surface area contributed by atoms with Crippen molar-refractivity contribution < 1.29 is 18.6 Å². The van der Waals surface area contributed by atoms with Gasteiger partial charge in [0.25, 0.3) is 0 Å². The van der Waals surface area contributed by atoms with E-state index in [-0.39, 0.29) is 30.8 Å². The molecule has 1 fully saturated rings. The summed E-state index contributed by atoms with van der Waals surface area (Å²) >= 11 is 0. The second-order valence-electron chi connectivity index (χ2n) is 3.21. The molecule has 0 aromatic rings. The van der Waals surface area contributed by atoms with Crippen molar-refractivity contribution in [2.45, 2.75) is 6.04 Å². The van der Waals surface area contributed by atoms with Crippen LogP contribution in [-0.4, -0.2) is 67.4 Å². The molecule has 6 heteroatoms. The standard InChI is InChI=1S/C7H15NO4S/c9-5-7(6-10)8-1-3-13(11,12)4-2-8/h7,9-10H,1-6H2. The van der Waals surface area contributed by atoms with E-state index in [2.05, 4.69) is 0 Å². The molecule has 0 amide bonds. The minimum atomic E-state index is -2.87. The average molecular weight is 209 g/mol. The van der Waals surface area contributed by atoms with E-state index in [4.69, 9.17) is 10.2 Å². The molecule has 78 valence electrons. The highest BCUT2D eigenvalue weighted by Gasteiger charge is 2.25. The highest BCUT2D eigenvalue weighted by atomic mass is 32.2. The zero-order valence-corrected chi connectivity index (χ0v) is 8.20. The van der Waals surface area contributed by atoms with E-state index < -0.39 is 9.84 Å². The van der Waals surface area contributed by atoms with Gasteiger partial charge in [-0.2, -0.15) is 0 Å². The quantitative estimate of drug-likeness (QED) is 0.566. The van der Waals surface area contributed by atoms with Crippen LogP contribution in [0.4, 0.5) is 0 Å². The lowest BCUT2D eigenvalue weighted by Gasteiger charge is -2.31. The van der Waals surface area contributed by atoms with Gasteiger partial charge in [-0.3, -0.25) is 4.90 Å². The molecule has 1 saturated heterocycles. The Labute approximate surface area is 77.9 Å². The highest BCUT2D eigenvalue weighted by molar-refractivity contribution is 7.91. The molecule has 1 rings (SSSR count). The topological polar surface area (TPSA) is 77.8 Å². The highest BCUT2D eigenvalue weighted by Crippen LogP contribution is 2.07. The van der Waals surface area contributed by atoms with E-state index in [1.165, 1.54) is 0 Å². The largest absolute Gasteiger partial charge is 0.395 e. The fraction of sp³-hybridized carbons (Fsp3) is 1.00. The Morgan fingerprint density at radius 2 is 1.62 bits per heavy atom. The Hall–Kier alpha value is -0.170. The maximum Gasteiger partial charge on any atom is 0.152 e. The van der Waals surface area contributed by atoms with Gasteiger partial charge in [-0.1, -0.05) is 0 Å². The first-order chi connectivity index (χ1) is 6.09. The van der Waals surface area contributed by atoms with Gasteiger partial charge in [-0.25, -0.2) is 8.42 Å². The molecule has 1 aliphatic heterocycles. The summed E-state index contributed by atoms with van der Waals surface area (Å²) in [6.07, 6.45) is 0. The van der Waals surface area contributed by atoms with Gasteiger partial charge in [0.1, 0.15) is 0 Å². The maximum atomic E-state index is 11.0. The Balaban J connectivity index is 2.49. The van der Waals surface area contributed by atoms with E-state index >= 15 is 0 Å². The van der Waals surface area contributed by atoms with Crippen LogP contribution in [0.1, 0.15) is 0 Å². The first-order valence-electron chi connectivity index (χ1n) is 4.25. The lowest BCUT2D eigenvalue weighted by Crippen LogP contribution is -2.49. The van der Waals surface area contributed by atoms with Gasteiger partial charge >= 0.3 is 0 Å². The molecule has 1 aliphatic rings. The fourth-order valence-corrected chi connectivity index (χ4v) is 2.61. The number of rotatable bonds is 3. The summed E-state index contributed by atoms with van der Waals surface area (Å²) in [7, 11) is -2.87. The normalized spacial score (nSPS) is 23.6. The molecule has 13 heavy (non-hydrogen) atoms. The van der Waals surface area contributed by atoms with Crippen LogP contribution in [0.5, 0.6) is 0 Å². The van der Waals surface area contributed by atoms with Crippen LogP contribution >= 0.6 is 0 Å². The first-order valence-corrected chi connectivity index (χ1v) is 6.07. The van der Waals surface area contributed by atoms with Crippen molar-refractivity contribution in [3.8, 4) is 0 Å². The van der Waals surface area contributed by atoms with Crippen LogP contribution in [0.2, 0.25) is 0 Å². The predicted octanol–water partition coefficient (Wildman–Crippen LogP) is -1.93. The van der Waals surface area contributed by atoms with Gasteiger partial charge in [0.2, 0.25) is 0 Å². The van der Waals surface area contributed by atoms with Crippen LogP contribution in [0.15, 0.2) is 0 Å². The second-order valence-corrected chi connectivity index (χ2v) is 5.51. The van der Waals surface area contributed by atoms with E-state index in [9.17, 15) is 8.42 Å². The third-order valence-corrected chi connectivity index (χ3v) is 3.93. The van der Waals surface area contributed by atoms with Crippen LogP contribution in [-0.2, 0) is 9.84 Å². The summed E-state index contributed by atoms with van der Waals surface area (Å²) in [4.78, 5) is 1.81. The molecular weight excluding hydrogens is 194 g/mol. The smallest absolute Gasteiger partial charge is 0.152 e. The summed E-state index contributed by atoms with van der Waals surface area (Å²) in [5.74, 6) is 0.257. The van der Waals surface area contributed by atoms with Gasteiger partial charge < -0.3 is 10.2 Å². The number of hydrogen-bond donors (Lipinski definition) is 2. The van der Waals surface area contributed by atoms with Crippen LogP contribution in [0.25, 0.3) is 0 Å². The Bertz CT molecular complexity index is 233. The molecule has 2 N–H and O–H groups in total.